The lowest BCUT2D eigenvalue weighted by Crippen LogP contribution is -2.48. The lowest BCUT2D eigenvalue weighted by Gasteiger charge is -2.42. The van der Waals surface area contributed by atoms with Gasteiger partial charge in [-0.25, -0.2) is 9.59 Å². The molecule has 2 aliphatic heterocycles. The zero-order valence-electron chi connectivity index (χ0n) is 26.0. The van der Waals surface area contributed by atoms with Gasteiger partial charge in [-0.2, -0.15) is 0 Å². The van der Waals surface area contributed by atoms with Crippen LogP contribution in [0.5, 0.6) is 0 Å². The number of carbonyl (C=O) groups excluding carboxylic acids is 2. The second kappa shape index (κ2) is 12.9. The first-order chi connectivity index (χ1) is 18.6. The van der Waals surface area contributed by atoms with Crippen LogP contribution in [0.2, 0.25) is 16.6 Å². The van der Waals surface area contributed by atoms with Gasteiger partial charge in [0.2, 0.25) is 8.32 Å². The standard InChI is InChI=1S/C32H50O7Si/c1-19(2)40(20(3)4,21(5)6)36-17-25-14-12-13-22(7)15-26(29-24(9)31(34)38-27(29)16-25)37-30(33)23(8)28-18-35-32(10,11)39-28/h13,16,19-21,26-29H,8-9,12,14-15,17-18H2,1-7,10-11H3/b22-13+,25-16-/t26-,27+,28-,29+/m0/s1. The van der Waals surface area contributed by atoms with E-state index >= 15 is 0 Å². The summed E-state index contributed by atoms with van der Waals surface area (Å²) in [5, 5.41) is 0. The van der Waals surface area contributed by atoms with Crippen molar-refractivity contribution in [1.82, 2.24) is 0 Å². The predicted octanol–water partition coefficient (Wildman–Crippen LogP) is 6.95. The molecule has 3 aliphatic rings. The first kappa shape index (κ1) is 32.5. The van der Waals surface area contributed by atoms with Crippen LogP contribution in [0.4, 0.5) is 0 Å². The maximum absolute atomic E-state index is 13.3. The molecule has 0 amide bonds. The molecule has 3 rings (SSSR count). The Kier molecular flexibility index (Phi) is 10.5. The summed E-state index contributed by atoms with van der Waals surface area (Å²) in [4.78, 5) is 26.0. The predicted molar refractivity (Wildman–Crippen MR) is 159 cm³/mol. The van der Waals surface area contributed by atoms with Gasteiger partial charge in [0.25, 0.3) is 0 Å². The van der Waals surface area contributed by atoms with E-state index in [1.807, 2.05) is 13.0 Å². The van der Waals surface area contributed by atoms with Crippen molar-refractivity contribution in [1.29, 1.82) is 0 Å². The van der Waals surface area contributed by atoms with Crippen LogP contribution in [-0.2, 0) is 33.0 Å². The van der Waals surface area contributed by atoms with Crippen LogP contribution in [0.25, 0.3) is 0 Å². The van der Waals surface area contributed by atoms with Gasteiger partial charge >= 0.3 is 11.9 Å². The average Bonchev–Trinajstić information content (AvgIpc) is 3.34. The van der Waals surface area contributed by atoms with Crippen LogP contribution in [0.1, 0.15) is 81.6 Å². The Morgan fingerprint density at radius 2 is 1.77 bits per heavy atom. The third-order valence-corrected chi connectivity index (χ3v) is 14.7. The lowest BCUT2D eigenvalue weighted by atomic mass is 9.85. The van der Waals surface area contributed by atoms with Crippen molar-refractivity contribution in [2.24, 2.45) is 5.92 Å². The molecule has 7 nitrogen and oxygen atoms in total. The summed E-state index contributed by atoms with van der Waals surface area (Å²) in [6.45, 7) is 28.0. The van der Waals surface area contributed by atoms with Crippen molar-refractivity contribution in [2.75, 3.05) is 13.2 Å². The summed E-state index contributed by atoms with van der Waals surface area (Å²) in [6.07, 6.45) is 4.46. The third kappa shape index (κ3) is 7.06. The highest BCUT2D eigenvalue weighted by Gasteiger charge is 2.47. The van der Waals surface area contributed by atoms with Crippen molar-refractivity contribution in [3.8, 4) is 0 Å². The molecule has 0 aromatic carbocycles. The minimum Gasteiger partial charge on any atom is -0.458 e. The van der Waals surface area contributed by atoms with E-state index in [9.17, 15) is 9.59 Å². The van der Waals surface area contributed by atoms with Crippen LogP contribution in [0.15, 0.2) is 47.6 Å². The number of esters is 2. The number of hydrogen-bond acceptors (Lipinski definition) is 7. The highest BCUT2D eigenvalue weighted by atomic mass is 28.4. The van der Waals surface area contributed by atoms with E-state index < -0.39 is 50.3 Å². The fourth-order valence-electron chi connectivity index (χ4n) is 6.68. The van der Waals surface area contributed by atoms with E-state index in [2.05, 4.69) is 60.8 Å². The maximum Gasteiger partial charge on any atom is 0.336 e. The van der Waals surface area contributed by atoms with E-state index in [-0.39, 0.29) is 12.2 Å². The van der Waals surface area contributed by atoms with Crippen molar-refractivity contribution >= 4 is 20.3 Å². The summed E-state index contributed by atoms with van der Waals surface area (Å²) >= 11 is 0. The van der Waals surface area contributed by atoms with Gasteiger partial charge in [-0.15, -0.1) is 0 Å². The zero-order chi connectivity index (χ0) is 30.0. The highest BCUT2D eigenvalue weighted by molar-refractivity contribution is 6.77. The first-order valence-electron chi connectivity index (χ1n) is 14.7. The number of ether oxygens (including phenoxy) is 4. The Morgan fingerprint density at radius 1 is 1.15 bits per heavy atom. The van der Waals surface area contributed by atoms with E-state index in [0.29, 0.717) is 35.2 Å². The number of hydrogen-bond donors (Lipinski definition) is 0. The topological polar surface area (TPSA) is 80.3 Å². The molecule has 0 spiro atoms. The number of allylic oxidation sites excluding steroid dienone is 1. The summed E-state index contributed by atoms with van der Waals surface area (Å²) < 4.78 is 30.2. The molecule has 0 radical (unpaired) electrons. The highest BCUT2D eigenvalue weighted by Crippen LogP contribution is 2.43. The average molecular weight is 575 g/mol. The Labute approximate surface area is 242 Å². The van der Waals surface area contributed by atoms with Crippen molar-refractivity contribution < 1.29 is 33.0 Å². The van der Waals surface area contributed by atoms with Gasteiger partial charge in [0.15, 0.2) is 5.79 Å². The van der Waals surface area contributed by atoms with Crippen LogP contribution in [0.3, 0.4) is 0 Å². The maximum atomic E-state index is 13.3. The minimum absolute atomic E-state index is 0.193. The first-order valence-corrected chi connectivity index (χ1v) is 16.8. The van der Waals surface area contributed by atoms with Gasteiger partial charge < -0.3 is 23.4 Å². The van der Waals surface area contributed by atoms with E-state index in [1.165, 1.54) is 0 Å². The van der Waals surface area contributed by atoms with Crippen molar-refractivity contribution in [3.63, 3.8) is 0 Å². The van der Waals surface area contributed by atoms with Crippen LogP contribution in [-0.4, -0.2) is 57.6 Å². The molecule has 2 saturated heterocycles. The number of fused-ring (bicyclic) bond motifs is 1. The summed E-state index contributed by atoms with van der Waals surface area (Å²) in [5.41, 5.74) is 4.06. The van der Waals surface area contributed by atoms with Gasteiger partial charge in [-0.3, -0.25) is 0 Å². The molecule has 1 aliphatic carbocycles. The molecule has 224 valence electrons. The Balaban J connectivity index is 1.88. The Morgan fingerprint density at radius 3 is 2.33 bits per heavy atom. The minimum atomic E-state index is -2.09. The second-order valence-electron chi connectivity index (χ2n) is 12.9. The molecule has 0 bridgehead atoms. The van der Waals surface area contributed by atoms with Gasteiger partial charge in [-0.1, -0.05) is 66.3 Å². The molecule has 0 aromatic heterocycles. The smallest absolute Gasteiger partial charge is 0.336 e. The van der Waals surface area contributed by atoms with Gasteiger partial charge in [-0.05, 0) is 61.9 Å². The summed E-state index contributed by atoms with van der Waals surface area (Å²) in [6, 6.07) is 0. The molecule has 0 aromatic rings. The molecule has 2 heterocycles. The third-order valence-electron chi connectivity index (χ3n) is 8.68. The largest absolute Gasteiger partial charge is 0.458 e. The SMILES string of the molecule is C=C1C(=O)O[C@@H]2/C=C(\CO[Si](C(C)C)(C(C)C)C(C)C)CC/C=C(\C)C[C@H](OC(=O)C(=C)[C@@H]3COC(C)(C)O3)[C@@H]12. The van der Waals surface area contributed by atoms with Crippen molar-refractivity contribution in [3.05, 3.63) is 47.6 Å². The molecule has 2 fully saturated rings. The number of rotatable bonds is 9. The van der Waals surface area contributed by atoms with Crippen LogP contribution >= 0.6 is 0 Å². The van der Waals surface area contributed by atoms with E-state index in [1.54, 1.807) is 13.8 Å². The molecule has 4 atom stereocenters. The molecule has 0 unspecified atom stereocenters. The quantitative estimate of drug-likeness (QED) is 0.128. The van der Waals surface area contributed by atoms with Crippen LogP contribution < -0.4 is 0 Å². The normalized spacial score (nSPS) is 30.0. The lowest BCUT2D eigenvalue weighted by molar-refractivity contribution is -0.151. The molecular weight excluding hydrogens is 524 g/mol. The van der Waals surface area contributed by atoms with E-state index in [0.717, 1.165) is 24.0 Å². The van der Waals surface area contributed by atoms with Gasteiger partial charge in [0.1, 0.15) is 18.3 Å². The van der Waals surface area contributed by atoms with E-state index in [4.69, 9.17) is 23.4 Å². The summed E-state index contributed by atoms with van der Waals surface area (Å²) in [7, 11) is -2.09. The Bertz CT molecular complexity index is 1030. The molecule has 8 heteroatoms. The zero-order valence-corrected chi connectivity index (χ0v) is 27.0. The monoisotopic (exact) mass is 574 g/mol. The molecular formula is C32H50O7Si. The number of carbonyl (C=O) groups is 2. The Hall–Kier alpha value is -2.00. The molecule has 40 heavy (non-hydrogen) atoms. The fourth-order valence-corrected chi connectivity index (χ4v) is 12.1. The van der Waals surface area contributed by atoms with Gasteiger partial charge in [0, 0.05) is 12.0 Å². The van der Waals surface area contributed by atoms with Gasteiger partial charge in [0.05, 0.1) is 24.7 Å². The van der Waals surface area contributed by atoms with Crippen LogP contribution in [0, 0.1) is 5.92 Å². The second-order valence-corrected chi connectivity index (χ2v) is 18.4. The molecule has 0 N–H and O–H groups in total. The molecule has 0 saturated carbocycles. The van der Waals surface area contributed by atoms with Crippen molar-refractivity contribution in [2.45, 2.75) is 122 Å². The fraction of sp³-hybridized carbons (Fsp3) is 0.688. The summed E-state index contributed by atoms with van der Waals surface area (Å²) in [5.74, 6) is -2.34.